The standard InChI is InChI=1S/C38H38F2N6O3S/c1-7-32(47)45-18-21(2)46-30(22(45)3)17-29(42-46)37-35(34-28(40)15-26(39)16-31(34)49-6)38-27(11-13-50-38)36(41-37)24-8-9-25-19-44(12-10-23(25)14-24)20-33(48)43(4)5/h7-9,11,13-17,21-22H,1,10,12,18-20H2,2-6H3/t21-,22+/m0/s1. The Hall–Kier alpha value is -4.94. The van der Waals surface area contributed by atoms with E-state index >= 15 is 4.39 Å². The number of nitrogens with zero attached hydrogens (tertiary/aromatic N) is 6. The molecule has 0 fully saturated rings. The van der Waals surface area contributed by atoms with E-state index in [9.17, 15) is 14.0 Å². The van der Waals surface area contributed by atoms with Gasteiger partial charge in [0.15, 0.2) is 0 Å². The highest BCUT2D eigenvalue weighted by Crippen LogP contribution is 2.48. The van der Waals surface area contributed by atoms with Crippen molar-refractivity contribution in [1.29, 1.82) is 0 Å². The molecule has 2 aromatic carbocycles. The van der Waals surface area contributed by atoms with Gasteiger partial charge in [0, 0.05) is 67.1 Å². The maximum Gasteiger partial charge on any atom is 0.246 e. The van der Waals surface area contributed by atoms with Gasteiger partial charge in [-0.2, -0.15) is 5.10 Å². The summed E-state index contributed by atoms with van der Waals surface area (Å²) in [6.07, 6.45) is 2.10. The van der Waals surface area contributed by atoms with Crippen molar-refractivity contribution in [2.24, 2.45) is 0 Å². The van der Waals surface area contributed by atoms with Gasteiger partial charge >= 0.3 is 0 Å². The molecule has 0 spiro atoms. The summed E-state index contributed by atoms with van der Waals surface area (Å²) < 4.78 is 38.7. The number of fused-ring (bicyclic) bond motifs is 3. The third kappa shape index (κ3) is 5.75. The van der Waals surface area contributed by atoms with Crippen molar-refractivity contribution in [2.45, 2.75) is 38.9 Å². The highest BCUT2D eigenvalue weighted by Gasteiger charge is 2.34. The largest absolute Gasteiger partial charge is 0.496 e. The number of aromatic nitrogens is 3. The molecule has 7 rings (SSSR count). The van der Waals surface area contributed by atoms with E-state index < -0.39 is 11.6 Å². The molecule has 2 amide bonds. The van der Waals surface area contributed by atoms with E-state index in [1.165, 1.54) is 36.2 Å². The maximum absolute atomic E-state index is 16.0. The van der Waals surface area contributed by atoms with Gasteiger partial charge in [0.25, 0.3) is 0 Å². The van der Waals surface area contributed by atoms with Crippen LogP contribution in [0.4, 0.5) is 8.78 Å². The van der Waals surface area contributed by atoms with Crippen LogP contribution in [0.5, 0.6) is 5.75 Å². The van der Waals surface area contributed by atoms with Gasteiger partial charge in [-0.25, -0.2) is 13.8 Å². The number of hydrogen-bond donors (Lipinski definition) is 0. The monoisotopic (exact) mass is 696 g/mol. The van der Waals surface area contributed by atoms with Crippen LogP contribution in [-0.4, -0.2) is 82.1 Å². The normalized spacial score (nSPS) is 17.4. The van der Waals surface area contributed by atoms with Crippen molar-refractivity contribution in [2.75, 3.05) is 40.8 Å². The van der Waals surface area contributed by atoms with Gasteiger partial charge in [-0.1, -0.05) is 18.7 Å². The molecule has 9 nitrogen and oxygen atoms in total. The number of hydrogen-bond acceptors (Lipinski definition) is 7. The Morgan fingerprint density at radius 3 is 2.62 bits per heavy atom. The van der Waals surface area contributed by atoms with Gasteiger partial charge in [0.05, 0.1) is 42.7 Å². The summed E-state index contributed by atoms with van der Waals surface area (Å²) in [5, 5.41) is 7.78. The molecule has 5 heterocycles. The topological polar surface area (TPSA) is 83.8 Å². The predicted molar refractivity (Wildman–Crippen MR) is 191 cm³/mol. The number of rotatable bonds is 7. The van der Waals surface area contributed by atoms with Crippen molar-refractivity contribution in [1.82, 2.24) is 29.5 Å². The van der Waals surface area contributed by atoms with Gasteiger partial charge in [0.2, 0.25) is 11.8 Å². The highest BCUT2D eigenvalue weighted by atomic mass is 32.1. The first-order valence-corrected chi connectivity index (χ1v) is 17.4. The lowest BCUT2D eigenvalue weighted by atomic mass is 9.93. The van der Waals surface area contributed by atoms with Gasteiger partial charge in [0.1, 0.15) is 28.8 Å². The maximum atomic E-state index is 16.0. The van der Waals surface area contributed by atoms with Crippen LogP contribution in [0, 0.1) is 11.6 Å². The Morgan fingerprint density at radius 2 is 1.88 bits per heavy atom. The van der Waals surface area contributed by atoms with E-state index in [-0.39, 0.29) is 35.2 Å². The molecule has 5 aromatic rings. The molecule has 0 unspecified atom stereocenters. The van der Waals surface area contributed by atoms with Gasteiger partial charge < -0.3 is 14.5 Å². The first-order chi connectivity index (χ1) is 24.0. The fourth-order valence-electron chi connectivity index (χ4n) is 7.11. The molecule has 2 atom stereocenters. The third-order valence-corrected chi connectivity index (χ3v) is 10.7. The van der Waals surface area contributed by atoms with Crippen LogP contribution < -0.4 is 4.74 Å². The van der Waals surface area contributed by atoms with E-state index in [2.05, 4.69) is 23.6 Å². The summed E-state index contributed by atoms with van der Waals surface area (Å²) >= 11 is 1.44. The second kappa shape index (κ2) is 13.1. The summed E-state index contributed by atoms with van der Waals surface area (Å²) in [6, 6.07) is 11.8. The van der Waals surface area contributed by atoms with Crippen molar-refractivity contribution in [3.8, 4) is 39.5 Å². The third-order valence-electron chi connectivity index (χ3n) is 9.76. The van der Waals surface area contributed by atoms with Crippen LogP contribution in [0.25, 0.3) is 43.9 Å². The number of carbonyl (C=O) groups is 2. The van der Waals surface area contributed by atoms with Crippen molar-refractivity contribution in [3.63, 3.8) is 0 Å². The smallest absolute Gasteiger partial charge is 0.246 e. The summed E-state index contributed by atoms with van der Waals surface area (Å²) in [5.74, 6) is -1.57. The van der Waals surface area contributed by atoms with Gasteiger partial charge in [-0.3, -0.25) is 19.2 Å². The van der Waals surface area contributed by atoms with Crippen molar-refractivity contribution >= 4 is 33.2 Å². The molecule has 50 heavy (non-hydrogen) atoms. The lowest BCUT2D eigenvalue weighted by molar-refractivity contribution is -0.130. The minimum atomic E-state index is -0.771. The first kappa shape index (κ1) is 33.6. The van der Waals surface area contributed by atoms with Crippen LogP contribution in [0.2, 0.25) is 0 Å². The minimum Gasteiger partial charge on any atom is -0.496 e. The fourth-order valence-corrected chi connectivity index (χ4v) is 8.06. The average Bonchev–Trinajstić information content (AvgIpc) is 3.78. The number of likely N-dealkylation sites (N-methyl/N-ethyl adjacent to an activating group) is 1. The predicted octanol–water partition coefficient (Wildman–Crippen LogP) is 6.88. The SMILES string of the molecule is C=CC(=O)N1C[C@H](C)n2nc(-c3nc(-c4ccc5c(c4)CCN(CC(=O)N(C)C)C5)c4ccsc4c3-c3c(F)cc(F)cc3OC)cc2[C@H]1C. The number of methoxy groups -OCH3 is 1. The lowest BCUT2D eigenvalue weighted by Gasteiger charge is -2.36. The number of ether oxygens (including phenoxy) is 1. The highest BCUT2D eigenvalue weighted by molar-refractivity contribution is 7.18. The Morgan fingerprint density at radius 1 is 1.08 bits per heavy atom. The Balaban J connectivity index is 1.41. The minimum absolute atomic E-state index is 0.0487. The van der Waals surface area contributed by atoms with E-state index in [1.54, 1.807) is 23.9 Å². The summed E-state index contributed by atoms with van der Waals surface area (Å²) in [6.45, 7) is 9.86. The first-order valence-electron chi connectivity index (χ1n) is 16.5. The second-order valence-electron chi connectivity index (χ2n) is 13.2. The van der Waals surface area contributed by atoms with Crippen LogP contribution in [0.15, 0.2) is 60.5 Å². The number of halogens is 2. The van der Waals surface area contributed by atoms with Crippen LogP contribution in [0.1, 0.15) is 42.8 Å². The lowest BCUT2D eigenvalue weighted by Crippen LogP contribution is -2.42. The van der Waals surface area contributed by atoms with Crippen LogP contribution >= 0.6 is 11.3 Å². The number of pyridine rings is 1. The Kier molecular flexibility index (Phi) is 8.77. The molecule has 2 aliphatic rings. The van der Waals surface area contributed by atoms with Gasteiger partial charge in [-0.05, 0) is 61.1 Å². The van der Waals surface area contributed by atoms with E-state index in [0.29, 0.717) is 42.3 Å². The quantitative estimate of drug-likeness (QED) is 0.173. The summed E-state index contributed by atoms with van der Waals surface area (Å²) in [5.41, 5.74) is 6.26. The van der Waals surface area contributed by atoms with E-state index in [0.717, 1.165) is 45.9 Å². The molecular weight excluding hydrogens is 659 g/mol. The van der Waals surface area contributed by atoms with Crippen molar-refractivity contribution in [3.05, 3.63) is 89.0 Å². The molecular formula is C38H38F2N6O3S. The van der Waals surface area contributed by atoms with Crippen LogP contribution in [0.3, 0.4) is 0 Å². The molecule has 0 bridgehead atoms. The van der Waals surface area contributed by atoms with Gasteiger partial charge in [-0.15, -0.1) is 11.3 Å². The molecule has 0 radical (unpaired) electrons. The summed E-state index contributed by atoms with van der Waals surface area (Å²) in [4.78, 5) is 35.9. The zero-order chi connectivity index (χ0) is 35.4. The van der Waals surface area contributed by atoms with Crippen LogP contribution in [-0.2, 0) is 22.6 Å². The van der Waals surface area contributed by atoms with E-state index in [4.69, 9.17) is 14.8 Å². The summed E-state index contributed by atoms with van der Waals surface area (Å²) in [7, 11) is 4.92. The molecule has 2 aliphatic heterocycles. The Bertz CT molecular complexity index is 2180. The molecule has 0 N–H and O–H groups in total. The zero-order valence-corrected chi connectivity index (χ0v) is 29.5. The fraction of sp³-hybridized carbons (Fsp3) is 0.316. The number of benzene rings is 2. The number of thiophene rings is 1. The molecule has 0 saturated heterocycles. The number of amides is 2. The zero-order valence-electron chi connectivity index (χ0n) is 28.7. The number of carbonyl (C=O) groups excluding carboxylic acids is 2. The molecule has 0 aliphatic carbocycles. The molecule has 3 aromatic heterocycles. The molecule has 258 valence electrons. The molecule has 0 saturated carbocycles. The van der Waals surface area contributed by atoms with E-state index in [1.807, 2.05) is 42.1 Å². The average molecular weight is 697 g/mol. The Labute approximate surface area is 293 Å². The van der Waals surface area contributed by atoms with Crippen molar-refractivity contribution < 1.29 is 23.1 Å². The second-order valence-corrected chi connectivity index (χ2v) is 14.1. The molecule has 12 heteroatoms.